The van der Waals surface area contributed by atoms with E-state index in [-0.39, 0.29) is 0 Å². The van der Waals surface area contributed by atoms with Crippen LogP contribution in [0, 0.1) is 68.8 Å². The molecule has 8 rings (SSSR count). The molecule has 8 aromatic rings. The van der Waals surface area contributed by atoms with Gasteiger partial charge < -0.3 is 22.9 Å². The van der Waals surface area contributed by atoms with Gasteiger partial charge in [-0.25, -0.2) is 19.9 Å². The number of nitrogens with two attached hydrogens (primary N) is 4. The SMILES string of the molecule is CC(C)[Si](C#Cc1cc2c3nc4c(C#C[Si](C(C)C)(C(C)C)C(C)C)c(N)c(N)c(C#C[Si](C(C)C)(C(C)C)C(C)C)c4nc3c3cc(C#C[Si](C(C)C)(C(C)C)C(C)C)cc4c5nc6c(C#C[Si](C(C)C)(C(C)C)C(C)C)c(N)c(N)c(C#C[Si](C(C)C)(C(C)C)C(C)C)c6nc5c(c1)c2c34)(C(C)C)C(C)C. The van der Waals surface area contributed by atoms with Gasteiger partial charge in [-0.2, -0.15) is 0 Å². The van der Waals surface area contributed by atoms with E-state index in [1.807, 2.05) is 0 Å². The van der Waals surface area contributed by atoms with Gasteiger partial charge >= 0.3 is 0 Å². The van der Waals surface area contributed by atoms with E-state index in [4.69, 9.17) is 42.9 Å². The molecule has 2 aromatic heterocycles. The summed E-state index contributed by atoms with van der Waals surface area (Å²) in [5.74, 6) is 23.4. The lowest BCUT2D eigenvalue weighted by Gasteiger charge is -2.38. The molecule has 6 aromatic carbocycles. The van der Waals surface area contributed by atoms with E-state index in [0.717, 1.165) is 43.4 Å². The van der Waals surface area contributed by atoms with Crippen LogP contribution in [0.1, 0.15) is 283 Å². The Labute approximate surface area is 661 Å². The summed E-state index contributed by atoms with van der Waals surface area (Å²) >= 11 is 0. The molecule has 0 aliphatic rings. The molecule has 0 aliphatic carbocycles. The van der Waals surface area contributed by atoms with Crippen LogP contribution in [0.4, 0.5) is 22.7 Å². The molecule has 2 heterocycles. The Bertz CT molecular complexity index is 4460. The van der Waals surface area contributed by atoms with Crippen molar-refractivity contribution in [2.45, 2.75) is 349 Å². The molecule has 0 aliphatic heterocycles. The van der Waals surface area contributed by atoms with Crippen molar-refractivity contribution in [1.82, 2.24) is 19.9 Å². The largest absolute Gasteiger partial charge is 0.396 e. The molecule has 0 radical (unpaired) electrons. The molecule has 14 heteroatoms. The lowest BCUT2D eigenvalue weighted by molar-refractivity contribution is 0.838. The third-order valence-electron chi connectivity index (χ3n) is 27.6. The predicted molar refractivity (Wildman–Crippen MR) is 497 cm³/mol. The molecule has 0 saturated carbocycles. The quantitative estimate of drug-likeness (QED) is 0.0218. The van der Waals surface area contributed by atoms with E-state index in [0.29, 0.717) is 189 Å². The van der Waals surface area contributed by atoms with Crippen LogP contribution in [0.5, 0.6) is 0 Å². The van der Waals surface area contributed by atoms with Gasteiger partial charge in [0.2, 0.25) is 0 Å². The molecule has 108 heavy (non-hydrogen) atoms. The minimum atomic E-state index is -2.39. The van der Waals surface area contributed by atoms with Crippen molar-refractivity contribution < 1.29 is 0 Å². The maximum absolute atomic E-state index is 7.66. The van der Waals surface area contributed by atoms with Crippen molar-refractivity contribution >= 4 is 148 Å². The highest BCUT2D eigenvalue weighted by Gasteiger charge is 2.47. The number of anilines is 4. The van der Waals surface area contributed by atoms with Gasteiger partial charge in [-0.3, -0.25) is 0 Å². The second-order valence-electron chi connectivity index (χ2n) is 38.2. The number of fused-ring (bicyclic) bond motifs is 8. The molecule has 0 unspecified atom stereocenters. The zero-order valence-electron chi connectivity index (χ0n) is 73.8. The van der Waals surface area contributed by atoms with Crippen molar-refractivity contribution in [3.8, 4) is 68.8 Å². The smallest absolute Gasteiger partial charge is 0.146 e. The molecule has 0 amide bonds. The van der Waals surface area contributed by atoms with Crippen molar-refractivity contribution in [1.29, 1.82) is 0 Å². The molecule has 578 valence electrons. The predicted octanol–water partition coefficient (Wildman–Crippen LogP) is 26.5. The topological polar surface area (TPSA) is 156 Å². The first-order valence-electron chi connectivity index (χ1n) is 41.5. The van der Waals surface area contributed by atoms with E-state index < -0.39 is 48.4 Å². The third-order valence-corrected chi connectivity index (χ3v) is 65.3. The number of hydrogen-bond donors (Lipinski definition) is 4. The van der Waals surface area contributed by atoms with Gasteiger partial charge in [0.25, 0.3) is 0 Å². The third kappa shape index (κ3) is 14.1. The fourth-order valence-corrected chi connectivity index (χ4v) is 53.5. The minimum Gasteiger partial charge on any atom is -0.396 e. The van der Waals surface area contributed by atoms with Crippen molar-refractivity contribution in [2.24, 2.45) is 0 Å². The Kier molecular flexibility index (Phi) is 26.0. The van der Waals surface area contributed by atoms with E-state index in [1.54, 1.807) is 0 Å². The van der Waals surface area contributed by atoms with Gasteiger partial charge in [-0.1, -0.05) is 285 Å². The van der Waals surface area contributed by atoms with Crippen molar-refractivity contribution in [2.75, 3.05) is 22.9 Å². The summed E-state index contributed by atoms with van der Waals surface area (Å²) in [5, 5.41) is 5.53. The Morgan fingerprint density at radius 1 is 0.204 bits per heavy atom. The standard InChI is InChI=1S/C94H138N8Si6/c1-53(2)103(54(3)4,55(5)6)43-37-71-49-77-81-78(50-71)92-94(102-90-76(42-48-108(68(31)32,69(33)34)70(35)36)86(98)84(96)74(88(90)100-92)40-46-106(62(19)20,63(21)22)64(23)24)80-52-72(38-44-104(56(7)8,57(9)10)58(11)12)51-79(82(80)81)93-91(77)99-87-73(39-45-105(59(13)14,60(15)16)61(17)18)83(95)85(97)75(89(87)101-93)41-47-107(65(25)26,66(27)28)67(29)30/h49-70H,95-98H2,1-36H3. The van der Waals surface area contributed by atoms with E-state index in [2.05, 4.69) is 342 Å². The first kappa shape index (κ1) is 87.0. The molecule has 0 spiro atoms. The second-order valence-corrected chi connectivity index (χ2v) is 71.6. The lowest BCUT2D eigenvalue weighted by Crippen LogP contribution is -2.43. The van der Waals surface area contributed by atoms with Gasteiger partial charge in [0.1, 0.15) is 70.5 Å². The number of aromatic nitrogens is 4. The van der Waals surface area contributed by atoms with Gasteiger partial charge in [0, 0.05) is 43.4 Å². The Morgan fingerprint density at radius 3 is 0.463 bits per heavy atom. The summed E-state index contributed by atoms with van der Waals surface area (Å²) < 4.78 is 0. The first-order chi connectivity index (χ1) is 50.1. The van der Waals surface area contributed by atoms with Gasteiger partial charge in [0.15, 0.2) is 0 Å². The van der Waals surface area contributed by atoms with Gasteiger partial charge in [0.05, 0.1) is 67.1 Å². The van der Waals surface area contributed by atoms with Gasteiger partial charge in [-0.05, 0) is 124 Å². The summed E-state index contributed by atoms with van der Waals surface area (Å²) in [6, 6.07) is 9.16. The molecule has 0 fully saturated rings. The molecule has 8 nitrogen and oxygen atoms in total. The van der Waals surface area contributed by atoms with Crippen molar-refractivity contribution in [3.63, 3.8) is 0 Å². The number of nitrogens with zero attached hydrogens (tertiary/aromatic N) is 4. The lowest BCUT2D eigenvalue weighted by atomic mass is 9.88. The molecule has 0 saturated heterocycles. The maximum Gasteiger partial charge on any atom is 0.146 e. The summed E-state index contributed by atoms with van der Waals surface area (Å²) in [4.78, 5) is 24.5. The zero-order valence-corrected chi connectivity index (χ0v) is 79.8. The average Bonchev–Trinajstić information content (AvgIpc) is 0.686. The minimum absolute atomic E-state index is 0.354. The van der Waals surface area contributed by atoms with Crippen LogP contribution in [-0.4, -0.2) is 68.4 Å². The molecule has 0 atom stereocenters. The molecule has 8 N–H and O–H groups in total. The van der Waals surface area contributed by atoms with Crippen molar-refractivity contribution in [3.05, 3.63) is 57.6 Å². The van der Waals surface area contributed by atoms with Crippen LogP contribution in [0.2, 0.25) is 99.7 Å². The number of hydrogen-bond acceptors (Lipinski definition) is 8. The highest BCUT2D eigenvalue weighted by atomic mass is 28.3. The molecule has 0 bridgehead atoms. The number of rotatable bonds is 18. The van der Waals surface area contributed by atoms with E-state index >= 15 is 0 Å². The summed E-state index contributed by atoms with van der Waals surface area (Å²) in [6.45, 7) is 85.0. The number of benzene rings is 6. The van der Waals surface area contributed by atoms with Crippen LogP contribution in [0.15, 0.2) is 24.3 Å². The van der Waals surface area contributed by atoms with Crippen LogP contribution in [-0.2, 0) is 0 Å². The monoisotopic (exact) mass is 1550 g/mol. The highest BCUT2D eigenvalue weighted by molar-refractivity contribution is 6.93. The Morgan fingerprint density at radius 2 is 0.333 bits per heavy atom. The van der Waals surface area contributed by atoms with Crippen LogP contribution >= 0.6 is 0 Å². The van der Waals surface area contributed by atoms with E-state index in [9.17, 15) is 0 Å². The normalized spacial score (nSPS) is 13.3. The Hall–Kier alpha value is -6.58. The molecular weight excluding hydrogens is 1410 g/mol. The fourth-order valence-electron chi connectivity index (χ4n) is 22.2. The first-order valence-corrected chi connectivity index (χ1v) is 54.9. The van der Waals surface area contributed by atoms with E-state index in [1.165, 1.54) is 0 Å². The summed E-state index contributed by atoms with van der Waals surface area (Å²) in [6.07, 6.45) is 0. The highest BCUT2D eigenvalue weighted by Crippen LogP contribution is 2.51. The van der Waals surface area contributed by atoms with Gasteiger partial charge in [-0.15, -0.1) is 33.3 Å². The zero-order chi connectivity index (χ0) is 81.4. The molecular formula is C94H138N8Si6. The fraction of sp³-hybridized carbons (Fsp3) is 0.574. The number of nitrogen functional groups attached to an aromatic ring is 4. The summed E-state index contributed by atoms with van der Waals surface area (Å²) in [7, 11) is -14.3. The van der Waals surface area contributed by atoms with Crippen LogP contribution in [0.25, 0.3) is 76.5 Å². The van der Waals surface area contributed by atoms with Crippen LogP contribution in [0.3, 0.4) is 0 Å². The summed E-state index contributed by atoms with van der Waals surface area (Å²) in [5.41, 5.74) is 72.7. The Balaban J connectivity index is 1.87. The average molecular weight is 1550 g/mol. The van der Waals surface area contributed by atoms with Crippen LogP contribution < -0.4 is 22.9 Å². The maximum atomic E-state index is 7.66. The second kappa shape index (κ2) is 32.3.